The molecule has 0 aromatic carbocycles. The molecule has 0 bridgehead atoms. The molecule has 0 aliphatic carbocycles. The van der Waals surface area contributed by atoms with Crippen LogP contribution in [0.15, 0.2) is 4.99 Å². The molecule has 0 aromatic heterocycles. The summed E-state index contributed by atoms with van der Waals surface area (Å²) < 4.78 is 0. The lowest BCUT2D eigenvalue weighted by atomic mass is 9.87. The van der Waals surface area contributed by atoms with Gasteiger partial charge in [0.15, 0.2) is 0 Å². The van der Waals surface area contributed by atoms with Crippen LogP contribution in [0.2, 0.25) is 0 Å². The van der Waals surface area contributed by atoms with E-state index < -0.39 is 0 Å². The predicted molar refractivity (Wildman–Crippen MR) is 51.7 cm³/mol. The van der Waals surface area contributed by atoms with Crippen molar-refractivity contribution in [3.8, 4) is 0 Å². The van der Waals surface area contributed by atoms with Gasteiger partial charge < -0.3 is 5.21 Å². The molecule has 0 fully saturated rings. The molecule has 0 aliphatic heterocycles. The molecule has 2 N–H and O–H groups in total. The van der Waals surface area contributed by atoms with Gasteiger partial charge >= 0.3 is 0 Å². The highest BCUT2D eigenvalue weighted by Gasteiger charge is 2.24. The molecule has 3 atom stereocenters. The first-order valence-electron chi connectivity index (χ1n) is 4.40. The van der Waals surface area contributed by atoms with Gasteiger partial charge in [0.25, 0.3) is 0 Å². The van der Waals surface area contributed by atoms with E-state index in [-0.39, 0.29) is 12.1 Å². The maximum absolute atomic E-state index is 8.91. The quantitative estimate of drug-likeness (QED) is 0.490. The van der Waals surface area contributed by atoms with Gasteiger partial charge in [0, 0.05) is 0 Å². The fourth-order valence-corrected chi connectivity index (χ4v) is 1.19. The Balaban J connectivity index is 4.22. The normalized spacial score (nSPS) is 18.8. The first-order valence-corrected chi connectivity index (χ1v) is 4.40. The minimum absolute atomic E-state index is 0.00231. The molecule has 12 heavy (non-hydrogen) atoms. The van der Waals surface area contributed by atoms with Crippen molar-refractivity contribution in [2.24, 2.45) is 16.8 Å². The number of hydrogen-bond acceptors (Lipinski definition) is 3. The van der Waals surface area contributed by atoms with Crippen molar-refractivity contribution in [3.63, 3.8) is 0 Å². The van der Waals surface area contributed by atoms with Crippen LogP contribution in [0.5, 0.6) is 0 Å². The Morgan fingerprint density at radius 3 is 2.00 bits per heavy atom. The van der Waals surface area contributed by atoms with Gasteiger partial charge in [0.2, 0.25) is 0 Å². The van der Waals surface area contributed by atoms with Gasteiger partial charge in [-0.1, -0.05) is 20.8 Å². The predicted octanol–water partition coefficient (Wildman–Crippen LogP) is 1.71. The van der Waals surface area contributed by atoms with Gasteiger partial charge in [-0.2, -0.15) is 0 Å². The van der Waals surface area contributed by atoms with Crippen LogP contribution >= 0.6 is 0 Å². The molecule has 1 unspecified atom stereocenters. The maximum atomic E-state index is 8.91. The Kier molecular flexibility index (Phi) is 5.09. The van der Waals surface area contributed by atoms with E-state index in [2.05, 4.69) is 38.0 Å². The second kappa shape index (κ2) is 5.27. The lowest BCUT2D eigenvalue weighted by molar-refractivity contribution is 0.0780. The molecule has 0 saturated carbocycles. The Bertz CT molecular complexity index is 136. The summed E-state index contributed by atoms with van der Waals surface area (Å²) in [6.07, 6.45) is 0. The lowest BCUT2D eigenvalue weighted by Gasteiger charge is -2.28. The average Bonchev–Trinajstić information content (AvgIpc) is 2.05. The zero-order chi connectivity index (χ0) is 9.72. The van der Waals surface area contributed by atoms with Crippen molar-refractivity contribution >= 4 is 6.72 Å². The van der Waals surface area contributed by atoms with Crippen molar-refractivity contribution in [2.45, 2.75) is 39.8 Å². The lowest BCUT2D eigenvalue weighted by Crippen LogP contribution is -2.42. The van der Waals surface area contributed by atoms with Crippen LogP contribution in [0.1, 0.15) is 27.7 Å². The van der Waals surface area contributed by atoms with E-state index >= 15 is 0 Å². The van der Waals surface area contributed by atoms with Crippen molar-refractivity contribution in [1.29, 1.82) is 0 Å². The number of nitrogens with one attached hydrogen (secondary N) is 1. The van der Waals surface area contributed by atoms with E-state index in [1.165, 1.54) is 0 Å². The van der Waals surface area contributed by atoms with Crippen LogP contribution in [0.3, 0.4) is 0 Å². The Morgan fingerprint density at radius 2 is 1.75 bits per heavy atom. The van der Waals surface area contributed by atoms with E-state index in [9.17, 15) is 0 Å². The van der Waals surface area contributed by atoms with Gasteiger partial charge in [-0.25, -0.2) is 5.48 Å². The summed E-state index contributed by atoms with van der Waals surface area (Å²) in [5.41, 5.74) is 2.30. The highest BCUT2D eigenvalue weighted by Crippen LogP contribution is 2.17. The monoisotopic (exact) mass is 172 g/mol. The molecule has 0 amide bonds. The minimum atomic E-state index is 0.00231. The van der Waals surface area contributed by atoms with E-state index in [0.717, 1.165) is 0 Å². The van der Waals surface area contributed by atoms with Gasteiger partial charge in [-0.15, -0.1) is 0 Å². The molecule has 72 valence electrons. The number of aliphatic imine (C=N–C) groups is 1. The van der Waals surface area contributed by atoms with Gasteiger partial charge in [0.1, 0.15) is 0 Å². The SMILES string of the molecule is C=NC(C)[C@H](NO)[C@H](C)C(C)C. The Morgan fingerprint density at radius 1 is 1.25 bits per heavy atom. The molecule has 3 nitrogen and oxygen atoms in total. The fraction of sp³-hybridized carbons (Fsp3) is 0.889. The van der Waals surface area contributed by atoms with E-state index in [4.69, 9.17) is 5.21 Å². The van der Waals surface area contributed by atoms with Gasteiger partial charge in [0.05, 0.1) is 12.1 Å². The largest absolute Gasteiger partial charge is 0.316 e. The number of hydroxylamine groups is 1. The van der Waals surface area contributed by atoms with Crippen molar-refractivity contribution in [3.05, 3.63) is 0 Å². The smallest absolute Gasteiger partial charge is 0.0642 e. The van der Waals surface area contributed by atoms with Gasteiger partial charge in [-0.05, 0) is 25.5 Å². The van der Waals surface area contributed by atoms with Crippen LogP contribution < -0.4 is 5.48 Å². The van der Waals surface area contributed by atoms with E-state index in [0.29, 0.717) is 11.8 Å². The van der Waals surface area contributed by atoms with Crippen LogP contribution in [0, 0.1) is 11.8 Å². The maximum Gasteiger partial charge on any atom is 0.0642 e. The second-order valence-corrected chi connectivity index (χ2v) is 3.68. The number of hydrogen-bond donors (Lipinski definition) is 2. The molecule has 0 rings (SSSR count). The van der Waals surface area contributed by atoms with Crippen LogP contribution in [-0.4, -0.2) is 24.0 Å². The summed E-state index contributed by atoms with van der Waals surface area (Å²) in [6.45, 7) is 11.8. The molecule has 0 radical (unpaired) electrons. The molecule has 0 heterocycles. The first-order chi connectivity index (χ1) is 5.54. The second-order valence-electron chi connectivity index (χ2n) is 3.68. The molecule has 3 heteroatoms. The number of rotatable bonds is 5. The van der Waals surface area contributed by atoms with Crippen molar-refractivity contribution in [2.75, 3.05) is 0 Å². The summed E-state index contributed by atoms with van der Waals surface area (Å²) in [6, 6.07) is 0.0508. The third-order valence-corrected chi connectivity index (χ3v) is 2.57. The van der Waals surface area contributed by atoms with Crippen LogP contribution in [0.25, 0.3) is 0 Å². The topological polar surface area (TPSA) is 44.6 Å². The van der Waals surface area contributed by atoms with E-state index in [1.54, 1.807) is 0 Å². The van der Waals surface area contributed by atoms with Crippen molar-refractivity contribution in [1.82, 2.24) is 5.48 Å². The number of nitrogens with zero attached hydrogens (tertiary/aromatic N) is 1. The zero-order valence-corrected chi connectivity index (χ0v) is 8.41. The molecule has 0 spiro atoms. The highest BCUT2D eigenvalue weighted by molar-refractivity contribution is 5.24. The highest BCUT2D eigenvalue weighted by atomic mass is 16.5. The summed E-state index contributed by atoms with van der Waals surface area (Å²) >= 11 is 0. The van der Waals surface area contributed by atoms with Crippen molar-refractivity contribution < 1.29 is 5.21 Å². The zero-order valence-electron chi connectivity index (χ0n) is 8.41. The summed E-state index contributed by atoms with van der Waals surface area (Å²) in [5, 5.41) is 8.91. The standard InChI is InChI=1S/C9H20N2O/c1-6(2)7(3)9(11-12)8(4)10-5/h6-9,11-12H,5H2,1-4H3/t7-,8?,9-/m1/s1. The summed E-state index contributed by atoms with van der Waals surface area (Å²) in [4.78, 5) is 3.89. The molecular formula is C9H20N2O. The van der Waals surface area contributed by atoms with Gasteiger partial charge in [-0.3, -0.25) is 4.99 Å². The minimum Gasteiger partial charge on any atom is -0.316 e. The van der Waals surface area contributed by atoms with Crippen LogP contribution in [0.4, 0.5) is 0 Å². The summed E-state index contributed by atoms with van der Waals surface area (Å²) in [5.74, 6) is 0.911. The Labute approximate surface area is 74.9 Å². The summed E-state index contributed by atoms with van der Waals surface area (Å²) in [7, 11) is 0. The average molecular weight is 172 g/mol. The Hall–Kier alpha value is -0.410. The van der Waals surface area contributed by atoms with E-state index in [1.807, 2.05) is 6.92 Å². The third-order valence-electron chi connectivity index (χ3n) is 2.57. The molecule has 0 saturated heterocycles. The third kappa shape index (κ3) is 2.91. The molecular weight excluding hydrogens is 152 g/mol. The van der Waals surface area contributed by atoms with Crippen LogP contribution in [-0.2, 0) is 0 Å². The molecule has 0 aliphatic rings. The fourth-order valence-electron chi connectivity index (χ4n) is 1.19. The first kappa shape index (κ1) is 11.6. The molecule has 0 aromatic rings.